The van der Waals surface area contributed by atoms with E-state index in [2.05, 4.69) is 20.7 Å². The second-order valence-electron chi connectivity index (χ2n) is 3.10. The van der Waals surface area contributed by atoms with E-state index in [-0.39, 0.29) is 0 Å². The van der Waals surface area contributed by atoms with Gasteiger partial charge in [-0.3, -0.25) is 0 Å². The Morgan fingerprint density at radius 3 is 3.00 bits per heavy atom. The van der Waals surface area contributed by atoms with Gasteiger partial charge in [0.1, 0.15) is 6.33 Å². The quantitative estimate of drug-likeness (QED) is 0.928. The first-order valence-electron chi connectivity index (χ1n) is 4.67. The van der Waals surface area contributed by atoms with Gasteiger partial charge >= 0.3 is 0 Å². The lowest BCUT2D eigenvalue weighted by Crippen LogP contribution is -2.04. The maximum atomic E-state index is 6.19. The first-order chi connectivity index (χ1) is 7.79. The molecular formula is C10H10ClN3S2. The molecular weight excluding hydrogens is 262 g/mol. The van der Waals surface area contributed by atoms with E-state index in [1.165, 1.54) is 17.1 Å². The normalized spacial score (nSPS) is 10.6. The Morgan fingerprint density at radius 2 is 2.38 bits per heavy atom. The van der Waals surface area contributed by atoms with E-state index in [0.717, 1.165) is 20.8 Å². The molecule has 0 saturated carbocycles. The van der Waals surface area contributed by atoms with Crippen LogP contribution in [0.2, 0.25) is 5.02 Å². The van der Waals surface area contributed by atoms with Gasteiger partial charge in [0.2, 0.25) is 0 Å². The molecule has 2 aromatic rings. The van der Waals surface area contributed by atoms with Crippen molar-refractivity contribution >= 4 is 34.9 Å². The summed E-state index contributed by atoms with van der Waals surface area (Å²) in [6.07, 6.45) is 1.55. The Kier molecular flexibility index (Phi) is 4.17. The molecule has 6 heteroatoms. The second-order valence-corrected chi connectivity index (χ2v) is 5.58. The summed E-state index contributed by atoms with van der Waals surface area (Å²) in [5.74, 6) is 0. The predicted molar refractivity (Wildman–Crippen MR) is 68.2 cm³/mol. The molecule has 0 spiro atoms. The summed E-state index contributed by atoms with van der Waals surface area (Å²) in [7, 11) is 1.91. The molecule has 0 bridgehead atoms. The Balaban J connectivity index is 2.16. The highest BCUT2D eigenvalue weighted by Crippen LogP contribution is 2.34. The lowest BCUT2D eigenvalue weighted by molar-refractivity contribution is 0.817. The van der Waals surface area contributed by atoms with Crippen LogP contribution < -0.4 is 5.32 Å². The molecule has 16 heavy (non-hydrogen) atoms. The molecule has 0 aliphatic heterocycles. The molecule has 0 amide bonds. The van der Waals surface area contributed by atoms with Crippen LogP contribution in [0.25, 0.3) is 0 Å². The van der Waals surface area contributed by atoms with Gasteiger partial charge in [-0.2, -0.15) is 4.37 Å². The van der Waals surface area contributed by atoms with Crippen molar-refractivity contribution < 1.29 is 0 Å². The Bertz CT molecular complexity index is 459. The smallest absolute Gasteiger partial charge is 0.174 e. The lowest BCUT2D eigenvalue weighted by atomic mass is 10.2. The molecule has 0 atom stereocenters. The molecule has 1 N–H and O–H groups in total. The third-order valence-electron chi connectivity index (χ3n) is 1.92. The SMILES string of the molecule is CNCc1ccc(Sc2ncns2)c(Cl)c1. The van der Waals surface area contributed by atoms with Crippen LogP contribution in [0.1, 0.15) is 5.56 Å². The minimum atomic E-state index is 0.757. The van der Waals surface area contributed by atoms with Crippen molar-refractivity contribution in [2.45, 2.75) is 15.8 Å². The van der Waals surface area contributed by atoms with E-state index in [4.69, 9.17) is 11.6 Å². The largest absolute Gasteiger partial charge is 0.316 e. The van der Waals surface area contributed by atoms with Crippen LogP contribution in [0, 0.1) is 0 Å². The zero-order chi connectivity index (χ0) is 11.4. The summed E-state index contributed by atoms with van der Waals surface area (Å²) >= 11 is 9.10. The average Bonchev–Trinajstić information content (AvgIpc) is 2.75. The van der Waals surface area contributed by atoms with Gasteiger partial charge in [0, 0.05) is 11.4 Å². The fraction of sp³-hybridized carbons (Fsp3) is 0.200. The molecule has 1 aromatic heterocycles. The van der Waals surface area contributed by atoms with Crippen molar-refractivity contribution in [3.8, 4) is 0 Å². The Morgan fingerprint density at radius 1 is 1.50 bits per heavy atom. The van der Waals surface area contributed by atoms with Crippen molar-refractivity contribution in [2.75, 3.05) is 7.05 Å². The van der Waals surface area contributed by atoms with Gasteiger partial charge in [0.05, 0.1) is 5.02 Å². The number of nitrogens with zero attached hydrogens (tertiary/aromatic N) is 2. The molecule has 0 fully saturated rings. The topological polar surface area (TPSA) is 37.8 Å². The zero-order valence-electron chi connectivity index (χ0n) is 8.61. The maximum Gasteiger partial charge on any atom is 0.174 e. The number of rotatable bonds is 4. The summed E-state index contributed by atoms with van der Waals surface area (Å²) in [5, 5.41) is 3.85. The fourth-order valence-corrected chi connectivity index (χ4v) is 2.97. The zero-order valence-corrected chi connectivity index (χ0v) is 11.0. The second kappa shape index (κ2) is 5.63. The number of hydrogen-bond acceptors (Lipinski definition) is 5. The summed E-state index contributed by atoms with van der Waals surface area (Å²) in [6, 6.07) is 6.05. The molecule has 84 valence electrons. The number of hydrogen-bond donors (Lipinski definition) is 1. The molecule has 0 aliphatic carbocycles. The lowest BCUT2D eigenvalue weighted by Gasteiger charge is -2.04. The van der Waals surface area contributed by atoms with E-state index in [9.17, 15) is 0 Å². The molecule has 1 aromatic carbocycles. The summed E-state index contributed by atoms with van der Waals surface area (Å²) in [4.78, 5) is 5.12. The highest BCUT2D eigenvalue weighted by atomic mass is 35.5. The van der Waals surface area contributed by atoms with Gasteiger partial charge in [0.15, 0.2) is 4.34 Å². The average molecular weight is 272 g/mol. The van der Waals surface area contributed by atoms with Crippen molar-refractivity contribution in [1.29, 1.82) is 0 Å². The number of aromatic nitrogens is 2. The van der Waals surface area contributed by atoms with Crippen LogP contribution in [0.4, 0.5) is 0 Å². The maximum absolute atomic E-state index is 6.19. The van der Waals surface area contributed by atoms with Crippen molar-refractivity contribution in [2.24, 2.45) is 0 Å². The van der Waals surface area contributed by atoms with Gasteiger partial charge in [-0.15, -0.1) is 0 Å². The van der Waals surface area contributed by atoms with E-state index in [0.29, 0.717) is 0 Å². The van der Waals surface area contributed by atoms with Crippen LogP contribution in [0.5, 0.6) is 0 Å². The van der Waals surface area contributed by atoms with Crippen molar-refractivity contribution in [3.05, 3.63) is 35.1 Å². The van der Waals surface area contributed by atoms with Gasteiger partial charge in [-0.05, 0) is 36.3 Å². The molecule has 0 unspecified atom stereocenters. The van der Waals surface area contributed by atoms with Gasteiger partial charge in [-0.1, -0.05) is 29.4 Å². The van der Waals surface area contributed by atoms with Gasteiger partial charge < -0.3 is 5.32 Å². The third-order valence-corrected chi connectivity index (χ3v) is 4.13. The summed E-state index contributed by atoms with van der Waals surface area (Å²) in [5.41, 5.74) is 1.18. The molecule has 0 saturated heterocycles. The fourth-order valence-electron chi connectivity index (χ4n) is 1.24. The van der Waals surface area contributed by atoms with E-state index >= 15 is 0 Å². The van der Waals surface area contributed by atoms with Gasteiger partial charge in [0.25, 0.3) is 0 Å². The minimum Gasteiger partial charge on any atom is -0.316 e. The summed E-state index contributed by atoms with van der Waals surface area (Å²) in [6.45, 7) is 0.823. The first-order valence-corrected chi connectivity index (χ1v) is 6.64. The third kappa shape index (κ3) is 2.95. The van der Waals surface area contributed by atoms with E-state index in [1.807, 2.05) is 19.2 Å². The number of nitrogens with one attached hydrogen (secondary N) is 1. The Hall–Kier alpha value is -0.620. The van der Waals surface area contributed by atoms with Gasteiger partial charge in [-0.25, -0.2) is 4.98 Å². The van der Waals surface area contributed by atoms with Crippen LogP contribution >= 0.6 is 34.9 Å². The molecule has 2 rings (SSSR count). The molecule has 0 radical (unpaired) electrons. The highest BCUT2D eigenvalue weighted by molar-refractivity contribution is 8.01. The van der Waals surface area contributed by atoms with Crippen LogP contribution in [-0.4, -0.2) is 16.4 Å². The number of halogens is 1. The van der Waals surface area contributed by atoms with Crippen molar-refractivity contribution in [3.63, 3.8) is 0 Å². The van der Waals surface area contributed by atoms with E-state index < -0.39 is 0 Å². The van der Waals surface area contributed by atoms with Crippen LogP contribution in [0.3, 0.4) is 0 Å². The Labute approximate surface area is 107 Å². The monoisotopic (exact) mass is 271 g/mol. The molecule has 3 nitrogen and oxygen atoms in total. The molecule has 0 aliphatic rings. The predicted octanol–water partition coefficient (Wildman–Crippen LogP) is 3.06. The van der Waals surface area contributed by atoms with Crippen LogP contribution in [-0.2, 0) is 6.54 Å². The standard InChI is InChI=1S/C10H10ClN3S2/c1-12-5-7-2-3-9(8(11)4-7)15-10-13-6-14-16-10/h2-4,6,12H,5H2,1H3. The molecule has 1 heterocycles. The van der Waals surface area contributed by atoms with E-state index in [1.54, 1.807) is 18.1 Å². The van der Waals surface area contributed by atoms with Crippen molar-refractivity contribution in [1.82, 2.24) is 14.7 Å². The summed E-state index contributed by atoms with van der Waals surface area (Å²) < 4.78 is 4.86. The minimum absolute atomic E-state index is 0.757. The van der Waals surface area contributed by atoms with Crippen LogP contribution in [0.15, 0.2) is 33.8 Å². The highest BCUT2D eigenvalue weighted by Gasteiger charge is 2.06. The first kappa shape index (κ1) is 11.9. The number of benzene rings is 1.